The van der Waals surface area contributed by atoms with Crippen molar-refractivity contribution in [3.8, 4) is 5.75 Å². The molecule has 0 aliphatic heterocycles. The molecule has 2 N–H and O–H groups in total. The van der Waals surface area contributed by atoms with Gasteiger partial charge in [0.1, 0.15) is 5.75 Å². The molecule has 0 radical (unpaired) electrons. The second-order valence-electron chi connectivity index (χ2n) is 4.75. The molecule has 5 heteroatoms. The highest BCUT2D eigenvalue weighted by Crippen LogP contribution is 2.18. The van der Waals surface area contributed by atoms with E-state index in [0.29, 0.717) is 13.1 Å². The van der Waals surface area contributed by atoms with Gasteiger partial charge in [-0.15, -0.1) is 0 Å². The Morgan fingerprint density at radius 3 is 2.67 bits per heavy atom. The summed E-state index contributed by atoms with van der Waals surface area (Å²) < 4.78 is 5.23. The second kappa shape index (κ2) is 6.85. The van der Waals surface area contributed by atoms with Crippen LogP contribution in [0.25, 0.3) is 0 Å². The highest BCUT2D eigenvalue weighted by molar-refractivity contribution is 5.87. The Morgan fingerprint density at radius 2 is 2.10 bits per heavy atom. The van der Waals surface area contributed by atoms with Crippen molar-refractivity contribution in [2.24, 2.45) is 0 Å². The van der Waals surface area contributed by atoms with Gasteiger partial charge in [0.05, 0.1) is 18.4 Å². The van der Waals surface area contributed by atoms with Crippen molar-refractivity contribution >= 4 is 5.97 Å². The SMILES string of the molecule is COc1ccc(CNCc2ccc(C(=O)O)cn2)cc1C. The van der Waals surface area contributed by atoms with E-state index in [1.807, 2.05) is 19.1 Å². The molecular weight excluding hydrogens is 268 g/mol. The van der Waals surface area contributed by atoms with Crippen molar-refractivity contribution < 1.29 is 14.6 Å². The molecule has 1 aromatic carbocycles. The molecule has 0 unspecified atom stereocenters. The number of aromatic nitrogens is 1. The molecule has 0 aliphatic rings. The van der Waals surface area contributed by atoms with Gasteiger partial charge in [0.2, 0.25) is 0 Å². The zero-order valence-corrected chi connectivity index (χ0v) is 12.1. The van der Waals surface area contributed by atoms with Crippen LogP contribution in [0.3, 0.4) is 0 Å². The largest absolute Gasteiger partial charge is 0.496 e. The first-order valence-electron chi connectivity index (χ1n) is 6.62. The first kappa shape index (κ1) is 15.0. The summed E-state index contributed by atoms with van der Waals surface area (Å²) in [6.45, 7) is 3.31. The average molecular weight is 286 g/mol. The number of carboxylic acids is 1. The van der Waals surface area contributed by atoms with Crippen molar-refractivity contribution in [3.63, 3.8) is 0 Å². The maximum Gasteiger partial charge on any atom is 0.337 e. The normalized spacial score (nSPS) is 10.4. The highest BCUT2D eigenvalue weighted by atomic mass is 16.5. The van der Waals surface area contributed by atoms with Crippen LogP contribution in [0.1, 0.15) is 27.2 Å². The zero-order chi connectivity index (χ0) is 15.2. The van der Waals surface area contributed by atoms with Crippen LogP contribution < -0.4 is 10.1 Å². The van der Waals surface area contributed by atoms with Crippen LogP contribution in [-0.2, 0) is 13.1 Å². The molecule has 1 aromatic heterocycles. The Hall–Kier alpha value is -2.40. The van der Waals surface area contributed by atoms with Gasteiger partial charge in [0, 0.05) is 19.3 Å². The molecule has 2 rings (SSSR count). The fourth-order valence-corrected chi connectivity index (χ4v) is 2.04. The van der Waals surface area contributed by atoms with Crippen LogP contribution in [0.4, 0.5) is 0 Å². The van der Waals surface area contributed by atoms with E-state index in [1.165, 1.54) is 6.20 Å². The number of pyridine rings is 1. The maximum atomic E-state index is 10.7. The predicted molar refractivity (Wildman–Crippen MR) is 79.5 cm³/mol. The first-order chi connectivity index (χ1) is 10.1. The highest BCUT2D eigenvalue weighted by Gasteiger charge is 2.03. The van der Waals surface area contributed by atoms with Gasteiger partial charge in [0.25, 0.3) is 0 Å². The Labute approximate surface area is 123 Å². The lowest BCUT2D eigenvalue weighted by molar-refractivity contribution is 0.0696. The van der Waals surface area contributed by atoms with Crippen molar-refractivity contribution in [3.05, 3.63) is 58.9 Å². The summed E-state index contributed by atoms with van der Waals surface area (Å²) in [7, 11) is 1.66. The van der Waals surface area contributed by atoms with E-state index in [-0.39, 0.29) is 5.56 Å². The number of benzene rings is 1. The topological polar surface area (TPSA) is 71.5 Å². The van der Waals surface area contributed by atoms with Crippen LogP contribution in [0.5, 0.6) is 5.75 Å². The molecule has 1 heterocycles. The van der Waals surface area contributed by atoms with Crippen LogP contribution in [0.15, 0.2) is 36.5 Å². The standard InChI is InChI=1S/C16H18N2O3/c1-11-7-12(3-6-15(11)21-2)8-17-10-14-5-4-13(9-18-14)16(19)20/h3-7,9,17H,8,10H2,1-2H3,(H,19,20). The van der Waals surface area contributed by atoms with E-state index in [4.69, 9.17) is 9.84 Å². The summed E-state index contributed by atoms with van der Waals surface area (Å²) in [5.74, 6) is -0.0830. The Morgan fingerprint density at radius 1 is 1.29 bits per heavy atom. The van der Waals surface area contributed by atoms with Gasteiger partial charge in [-0.2, -0.15) is 0 Å². The van der Waals surface area contributed by atoms with E-state index in [0.717, 1.165) is 22.6 Å². The van der Waals surface area contributed by atoms with E-state index in [2.05, 4.69) is 16.4 Å². The lowest BCUT2D eigenvalue weighted by Crippen LogP contribution is -2.14. The second-order valence-corrected chi connectivity index (χ2v) is 4.75. The van der Waals surface area contributed by atoms with Gasteiger partial charge < -0.3 is 15.2 Å². The lowest BCUT2D eigenvalue weighted by atomic mass is 10.1. The summed E-state index contributed by atoms with van der Waals surface area (Å²) >= 11 is 0. The molecule has 0 bridgehead atoms. The number of carboxylic acid groups (broad SMARTS) is 1. The van der Waals surface area contributed by atoms with Crippen LogP contribution in [0, 0.1) is 6.92 Å². The number of aryl methyl sites for hydroxylation is 1. The van der Waals surface area contributed by atoms with E-state index >= 15 is 0 Å². The number of nitrogens with zero attached hydrogens (tertiary/aromatic N) is 1. The molecule has 0 spiro atoms. The number of rotatable bonds is 6. The van der Waals surface area contributed by atoms with Gasteiger partial charge in [-0.3, -0.25) is 4.98 Å². The van der Waals surface area contributed by atoms with E-state index < -0.39 is 5.97 Å². The summed E-state index contributed by atoms with van der Waals surface area (Å²) in [5, 5.41) is 12.1. The summed E-state index contributed by atoms with van der Waals surface area (Å²) in [6.07, 6.45) is 1.37. The third kappa shape index (κ3) is 4.03. The minimum absolute atomic E-state index is 0.199. The average Bonchev–Trinajstić information content (AvgIpc) is 2.48. The van der Waals surface area contributed by atoms with Gasteiger partial charge in [-0.1, -0.05) is 12.1 Å². The zero-order valence-electron chi connectivity index (χ0n) is 12.1. The van der Waals surface area contributed by atoms with Gasteiger partial charge in [0.15, 0.2) is 0 Å². The molecule has 21 heavy (non-hydrogen) atoms. The fourth-order valence-electron chi connectivity index (χ4n) is 2.04. The number of carbonyl (C=O) groups is 1. The first-order valence-corrected chi connectivity index (χ1v) is 6.62. The minimum Gasteiger partial charge on any atom is -0.496 e. The van der Waals surface area contributed by atoms with Gasteiger partial charge >= 0.3 is 5.97 Å². The number of hydrogen-bond donors (Lipinski definition) is 2. The molecule has 0 aliphatic carbocycles. The number of nitrogens with one attached hydrogen (secondary N) is 1. The number of aromatic carboxylic acids is 1. The Balaban J connectivity index is 1.89. The number of hydrogen-bond acceptors (Lipinski definition) is 4. The minimum atomic E-state index is -0.962. The quantitative estimate of drug-likeness (QED) is 0.853. The summed E-state index contributed by atoms with van der Waals surface area (Å²) in [5.41, 5.74) is 3.27. The summed E-state index contributed by atoms with van der Waals surface area (Å²) in [4.78, 5) is 14.8. The molecule has 0 fully saturated rings. The summed E-state index contributed by atoms with van der Waals surface area (Å²) in [6, 6.07) is 9.32. The van der Waals surface area contributed by atoms with Crippen molar-refractivity contribution in [2.45, 2.75) is 20.0 Å². The molecule has 5 nitrogen and oxygen atoms in total. The van der Waals surface area contributed by atoms with Crippen LogP contribution in [0.2, 0.25) is 0 Å². The Kier molecular flexibility index (Phi) is 4.90. The van der Waals surface area contributed by atoms with Gasteiger partial charge in [-0.25, -0.2) is 4.79 Å². The molecular formula is C16H18N2O3. The van der Waals surface area contributed by atoms with Crippen molar-refractivity contribution in [1.29, 1.82) is 0 Å². The number of ether oxygens (including phenoxy) is 1. The molecule has 110 valence electrons. The molecule has 0 saturated heterocycles. The van der Waals surface area contributed by atoms with Crippen molar-refractivity contribution in [2.75, 3.05) is 7.11 Å². The predicted octanol–water partition coefficient (Wildman–Crippen LogP) is 2.39. The molecule has 0 saturated carbocycles. The smallest absolute Gasteiger partial charge is 0.337 e. The number of methoxy groups -OCH3 is 1. The molecule has 2 aromatic rings. The van der Waals surface area contributed by atoms with E-state index in [9.17, 15) is 4.79 Å². The van der Waals surface area contributed by atoms with Crippen molar-refractivity contribution in [1.82, 2.24) is 10.3 Å². The lowest BCUT2D eigenvalue weighted by Gasteiger charge is -2.08. The van der Waals surface area contributed by atoms with E-state index in [1.54, 1.807) is 19.2 Å². The molecule has 0 amide bonds. The maximum absolute atomic E-state index is 10.7. The third-order valence-corrected chi connectivity index (χ3v) is 3.17. The van der Waals surface area contributed by atoms with Crippen LogP contribution >= 0.6 is 0 Å². The fraction of sp³-hybridized carbons (Fsp3) is 0.250. The van der Waals surface area contributed by atoms with Gasteiger partial charge in [-0.05, 0) is 36.2 Å². The van der Waals surface area contributed by atoms with Crippen LogP contribution in [-0.4, -0.2) is 23.2 Å². The third-order valence-electron chi connectivity index (χ3n) is 3.17. The monoisotopic (exact) mass is 286 g/mol. The Bertz CT molecular complexity index is 624. The molecule has 0 atom stereocenters.